The molecule has 5 heteroatoms. The molecule has 20 heavy (non-hydrogen) atoms. The zero-order valence-corrected chi connectivity index (χ0v) is 12.5. The van der Waals surface area contributed by atoms with Crippen LogP contribution in [0.1, 0.15) is 42.0 Å². The van der Waals surface area contributed by atoms with Gasteiger partial charge >= 0.3 is 0 Å². The van der Waals surface area contributed by atoms with Gasteiger partial charge in [-0.2, -0.15) is 11.3 Å². The lowest BCUT2D eigenvalue weighted by Gasteiger charge is -2.34. The molecule has 0 aliphatic carbocycles. The van der Waals surface area contributed by atoms with E-state index in [4.69, 9.17) is 0 Å². The molecule has 1 fully saturated rings. The van der Waals surface area contributed by atoms with Crippen LogP contribution in [0.25, 0.3) is 0 Å². The average molecular weight is 289 g/mol. The van der Waals surface area contributed by atoms with Crippen LogP contribution in [-0.4, -0.2) is 33.4 Å². The van der Waals surface area contributed by atoms with Gasteiger partial charge in [0.05, 0.1) is 11.6 Å². The van der Waals surface area contributed by atoms with E-state index < -0.39 is 0 Å². The fourth-order valence-electron chi connectivity index (χ4n) is 2.89. The fourth-order valence-corrected chi connectivity index (χ4v) is 3.51. The number of rotatable bonds is 3. The maximum Gasteiger partial charge on any atom is 0.254 e. The Labute approximate surface area is 123 Å². The predicted octanol–water partition coefficient (Wildman–Crippen LogP) is 2.98. The molecular formula is C15H19N3OS. The topological polar surface area (TPSA) is 38.1 Å². The van der Waals surface area contributed by atoms with Gasteiger partial charge in [-0.15, -0.1) is 0 Å². The quantitative estimate of drug-likeness (QED) is 0.871. The first-order chi connectivity index (χ1) is 9.79. The highest BCUT2D eigenvalue weighted by Crippen LogP contribution is 2.24. The predicted molar refractivity (Wildman–Crippen MR) is 80.1 cm³/mol. The number of hydrogen-bond donors (Lipinski definition) is 0. The Morgan fingerprint density at radius 1 is 1.55 bits per heavy atom. The van der Waals surface area contributed by atoms with E-state index in [9.17, 15) is 4.79 Å². The molecule has 106 valence electrons. The van der Waals surface area contributed by atoms with Crippen LogP contribution in [0.3, 0.4) is 0 Å². The standard InChI is InChI=1S/C15H19N3OS/c1-2-14-16-6-8-18(14)13-4-3-7-17(10-13)15(19)12-5-9-20-11-12/h5-6,8-9,11,13H,2-4,7,10H2,1H3/t13-/m0/s1. The van der Waals surface area contributed by atoms with Gasteiger partial charge in [-0.1, -0.05) is 6.92 Å². The molecule has 0 saturated carbocycles. The number of amides is 1. The van der Waals surface area contributed by atoms with Crippen molar-refractivity contribution in [2.75, 3.05) is 13.1 Å². The smallest absolute Gasteiger partial charge is 0.254 e. The lowest BCUT2D eigenvalue weighted by Crippen LogP contribution is -2.40. The van der Waals surface area contributed by atoms with Crippen molar-refractivity contribution in [3.8, 4) is 0 Å². The highest BCUT2D eigenvalue weighted by molar-refractivity contribution is 7.08. The van der Waals surface area contributed by atoms with Crippen molar-refractivity contribution in [1.29, 1.82) is 0 Å². The number of imidazole rings is 1. The average Bonchev–Trinajstić information content (AvgIpc) is 3.17. The number of aryl methyl sites for hydroxylation is 1. The van der Waals surface area contributed by atoms with Gasteiger partial charge in [-0.25, -0.2) is 4.98 Å². The Morgan fingerprint density at radius 2 is 2.45 bits per heavy atom. The van der Waals surface area contributed by atoms with Crippen LogP contribution >= 0.6 is 11.3 Å². The van der Waals surface area contributed by atoms with Crippen molar-refractivity contribution < 1.29 is 4.79 Å². The Morgan fingerprint density at radius 3 is 3.20 bits per heavy atom. The van der Waals surface area contributed by atoms with E-state index in [0.29, 0.717) is 6.04 Å². The monoisotopic (exact) mass is 289 g/mol. The zero-order valence-electron chi connectivity index (χ0n) is 11.7. The van der Waals surface area contributed by atoms with Gasteiger partial charge in [0.1, 0.15) is 5.82 Å². The van der Waals surface area contributed by atoms with Gasteiger partial charge in [-0.3, -0.25) is 4.79 Å². The molecule has 0 spiro atoms. The number of nitrogens with zero attached hydrogens (tertiary/aromatic N) is 3. The molecule has 1 aliphatic heterocycles. The van der Waals surface area contributed by atoms with Crippen molar-refractivity contribution >= 4 is 17.2 Å². The summed E-state index contributed by atoms with van der Waals surface area (Å²) in [6.45, 7) is 3.77. The number of aromatic nitrogens is 2. The van der Waals surface area contributed by atoms with Gasteiger partial charge < -0.3 is 9.47 Å². The second-order valence-corrected chi connectivity index (χ2v) is 5.94. The van der Waals surface area contributed by atoms with Crippen LogP contribution < -0.4 is 0 Å². The number of carbonyl (C=O) groups excluding carboxylic acids is 1. The number of piperidine rings is 1. The number of likely N-dealkylation sites (tertiary alicyclic amines) is 1. The third kappa shape index (κ3) is 2.50. The first-order valence-electron chi connectivity index (χ1n) is 7.12. The third-order valence-corrected chi connectivity index (χ3v) is 4.59. The molecule has 0 unspecified atom stereocenters. The van der Waals surface area contributed by atoms with Gasteiger partial charge in [0, 0.05) is 37.3 Å². The molecule has 2 aromatic heterocycles. The molecule has 0 aromatic carbocycles. The summed E-state index contributed by atoms with van der Waals surface area (Å²) in [6.07, 6.45) is 7.02. The van der Waals surface area contributed by atoms with E-state index in [-0.39, 0.29) is 5.91 Å². The minimum atomic E-state index is 0.161. The minimum absolute atomic E-state index is 0.161. The Balaban J connectivity index is 1.75. The number of hydrogen-bond acceptors (Lipinski definition) is 3. The van der Waals surface area contributed by atoms with Crippen LogP contribution in [0.2, 0.25) is 0 Å². The number of carbonyl (C=O) groups is 1. The Hall–Kier alpha value is -1.62. The number of thiophene rings is 1. The molecule has 3 heterocycles. The largest absolute Gasteiger partial charge is 0.337 e. The highest BCUT2D eigenvalue weighted by Gasteiger charge is 2.26. The molecule has 1 amide bonds. The normalized spacial score (nSPS) is 19.2. The summed E-state index contributed by atoms with van der Waals surface area (Å²) in [4.78, 5) is 18.8. The van der Waals surface area contributed by atoms with Crippen molar-refractivity contribution in [3.63, 3.8) is 0 Å². The summed E-state index contributed by atoms with van der Waals surface area (Å²) in [5, 5.41) is 3.89. The van der Waals surface area contributed by atoms with E-state index in [1.807, 2.05) is 34.1 Å². The summed E-state index contributed by atoms with van der Waals surface area (Å²) in [6, 6.07) is 2.27. The van der Waals surface area contributed by atoms with Crippen molar-refractivity contribution in [2.45, 2.75) is 32.2 Å². The van der Waals surface area contributed by atoms with Crippen LogP contribution in [0, 0.1) is 0 Å². The molecule has 0 radical (unpaired) electrons. The van der Waals surface area contributed by atoms with Crippen LogP contribution in [0.4, 0.5) is 0 Å². The SMILES string of the molecule is CCc1nccn1[C@H]1CCCN(C(=O)c2ccsc2)C1. The Bertz CT molecular complexity index is 576. The van der Waals surface area contributed by atoms with Gasteiger partial charge in [0.2, 0.25) is 0 Å². The van der Waals surface area contributed by atoms with E-state index >= 15 is 0 Å². The first kappa shape index (κ1) is 13.4. The van der Waals surface area contributed by atoms with Gasteiger partial charge in [0.25, 0.3) is 5.91 Å². The van der Waals surface area contributed by atoms with Crippen molar-refractivity contribution in [3.05, 3.63) is 40.6 Å². The Kier molecular flexibility index (Phi) is 3.87. The van der Waals surface area contributed by atoms with Crippen LogP contribution in [0.15, 0.2) is 29.2 Å². The second-order valence-electron chi connectivity index (χ2n) is 5.16. The lowest BCUT2D eigenvalue weighted by molar-refractivity contribution is 0.0678. The molecule has 3 rings (SSSR count). The minimum Gasteiger partial charge on any atom is -0.337 e. The van der Waals surface area contributed by atoms with Crippen LogP contribution in [-0.2, 0) is 6.42 Å². The molecule has 2 aromatic rings. The van der Waals surface area contributed by atoms with Gasteiger partial charge in [0.15, 0.2) is 0 Å². The maximum absolute atomic E-state index is 12.4. The molecule has 1 aliphatic rings. The first-order valence-corrected chi connectivity index (χ1v) is 8.07. The molecule has 1 saturated heterocycles. The van der Waals surface area contributed by atoms with E-state index in [1.165, 1.54) is 0 Å². The molecule has 4 nitrogen and oxygen atoms in total. The van der Waals surface area contributed by atoms with Gasteiger partial charge in [-0.05, 0) is 24.3 Å². The van der Waals surface area contributed by atoms with Crippen molar-refractivity contribution in [2.24, 2.45) is 0 Å². The van der Waals surface area contributed by atoms with E-state index in [0.717, 1.165) is 43.7 Å². The molecular weight excluding hydrogens is 270 g/mol. The highest BCUT2D eigenvalue weighted by atomic mass is 32.1. The lowest BCUT2D eigenvalue weighted by atomic mass is 10.0. The van der Waals surface area contributed by atoms with Crippen LogP contribution in [0.5, 0.6) is 0 Å². The molecule has 0 bridgehead atoms. The molecule has 0 N–H and O–H groups in total. The summed E-state index contributed by atoms with van der Waals surface area (Å²) in [7, 11) is 0. The summed E-state index contributed by atoms with van der Waals surface area (Å²) >= 11 is 1.57. The third-order valence-electron chi connectivity index (χ3n) is 3.91. The second kappa shape index (κ2) is 5.79. The van der Waals surface area contributed by atoms with E-state index in [2.05, 4.69) is 16.5 Å². The summed E-state index contributed by atoms with van der Waals surface area (Å²) in [5.74, 6) is 1.27. The molecule has 1 atom stereocenters. The summed E-state index contributed by atoms with van der Waals surface area (Å²) < 4.78 is 2.24. The summed E-state index contributed by atoms with van der Waals surface area (Å²) in [5.41, 5.74) is 0.817. The maximum atomic E-state index is 12.4. The zero-order chi connectivity index (χ0) is 13.9. The van der Waals surface area contributed by atoms with E-state index in [1.54, 1.807) is 11.3 Å². The fraction of sp³-hybridized carbons (Fsp3) is 0.467. The van der Waals surface area contributed by atoms with Crippen molar-refractivity contribution in [1.82, 2.24) is 14.5 Å².